The average Bonchev–Trinajstić information content (AvgIpc) is 3.33. The predicted molar refractivity (Wildman–Crippen MR) is 122 cm³/mol. The second-order valence-electron chi connectivity index (χ2n) is 7.66. The number of benzene rings is 1. The molecular formula is C22H22N6O3S. The van der Waals surface area contributed by atoms with Crippen LogP contribution in [0.4, 0.5) is 5.82 Å². The molecule has 1 aliphatic heterocycles. The molecule has 10 heteroatoms. The minimum Gasteiger partial charge on any atom is -0.378 e. The summed E-state index contributed by atoms with van der Waals surface area (Å²) < 4.78 is 28.4. The van der Waals surface area contributed by atoms with Crippen molar-refractivity contribution in [3.05, 3.63) is 60.4 Å². The Balaban J connectivity index is 1.67. The normalized spacial score (nSPS) is 14.7. The highest BCUT2D eigenvalue weighted by Crippen LogP contribution is 2.35. The van der Waals surface area contributed by atoms with Gasteiger partial charge in [-0.3, -0.25) is 10.1 Å². The first-order chi connectivity index (χ1) is 15.5. The largest absolute Gasteiger partial charge is 0.378 e. The van der Waals surface area contributed by atoms with Crippen molar-refractivity contribution in [2.75, 3.05) is 31.2 Å². The summed E-state index contributed by atoms with van der Waals surface area (Å²) in [5.74, 6) is 0.648. The van der Waals surface area contributed by atoms with Gasteiger partial charge in [0.05, 0.1) is 24.7 Å². The van der Waals surface area contributed by atoms with Gasteiger partial charge in [0.25, 0.3) is 0 Å². The Bertz CT molecular complexity index is 1350. The highest BCUT2D eigenvalue weighted by atomic mass is 32.2. The van der Waals surface area contributed by atoms with Crippen LogP contribution in [0.5, 0.6) is 0 Å². The molecular weight excluding hydrogens is 428 g/mol. The molecule has 1 fully saturated rings. The molecule has 4 heterocycles. The molecule has 0 amide bonds. The molecule has 1 saturated heterocycles. The van der Waals surface area contributed by atoms with E-state index in [1.54, 1.807) is 24.5 Å². The number of nitrogens with one attached hydrogen (secondary N) is 1. The summed E-state index contributed by atoms with van der Waals surface area (Å²) in [5, 5.41) is 13.2. The van der Waals surface area contributed by atoms with E-state index in [-0.39, 0.29) is 5.75 Å². The van der Waals surface area contributed by atoms with Crippen molar-refractivity contribution >= 4 is 26.7 Å². The summed E-state index contributed by atoms with van der Waals surface area (Å²) in [6.45, 7) is 2.81. The highest BCUT2D eigenvalue weighted by Gasteiger charge is 2.19. The summed E-state index contributed by atoms with van der Waals surface area (Å²) in [6.07, 6.45) is 3.44. The fraction of sp³-hybridized carbons (Fsp3) is 0.227. The third-order valence-corrected chi connectivity index (χ3v) is 6.17. The van der Waals surface area contributed by atoms with E-state index in [9.17, 15) is 8.42 Å². The van der Waals surface area contributed by atoms with Crippen molar-refractivity contribution in [1.82, 2.24) is 20.2 Å². The van der Waals surface area contributed by atoms with Crippen LogP contribution >= 0.6 is 0 Å². The number of ether oxygens (including phenoxy) is 1. The van der Waals surface area contributed by atoms with Gasteiger partial charge in [-0.2, -0.15) is 5.10 Å². The Morgan fingerprint density at radius 1 is 1.06 bits per heavy atom. The van der Waals surface area contributed by atoms with Gasteiger partial charge >= 0.3 is 0 Å². The van der Waals surface area contributed by atoms with Gasteiger partial charge in [0.1, 0.15) is 17.0 Å². The first-order valence-electron chi connectivity index (χ1n) is 10.2. The smallest absolute Gasteiger partial charge is 0.213 e. The van der Waals surface area contributed by atoms with E-state index >= 15 is 0 Å². The Kier molecular flexibility index (Phi) is 5.33. The second-order valence-corrected chi connectivity index (χ2v) is 9.27. The fourth-order valence-electron chi connectivity index (χ4n) is 3.93. The van der Waals surface area contributed by atoms with Crippen molar-refractivity contribution in [3.8, 4) is 22.5 Å². The number of nitrogens with zero attached hydrogens (tertiary/aromatic N) is 4. The summed E-state index contributed by atoms with van der Waals surface area (Å²) in [4.78, 5) is 11.7. The zero-order valence-electron chi connectivity index (χ0n) is 17.2. The molecule has 0 saturated carbocycles. The Morgan fingerprint density at radius 2 is 1.84 bits per heavy atom. The molecule has 0 atom stereocenters. The number of pyridine rings is 2. The molecule has 1 aromatic carbocycles. The number of fused-ring (bicyclic) bond motifs is 1. The molecule has 3 aromatic heterocycles. The summed E-state index contributed by atoms with van der Waals surface area (Å²) in [6, 6.07) is 13.3. The third kappa shape index (κ3) is 4.20. The van der Waals surface area contributed by atoms with E-state index < -0.39 is 10.0 Å². The maximum atomic E-state index is 11.4. The monoisotopic (exact) mass is 450 g/mol. The minimum absolute atomic E-state index is 0.197. The van der Waals surface area contributed by atoms with Gasteiger partial charge in [0.15, 0.2) is 0 Å². The zero-order chi connectivity index (χ0) is 22.1. The maximum absolute atomic E-state index is 11.4. The van der Waals surface area contributed by atoms with Gasteiger partial charge in [-0.1, -0.05) is 24.3 Å². The summed E-state index contributed by atoms with van der Waals surface area (Å²) in [5.41, 5.74) is 4.86. The van der Waals surface area contributed by atoms with Gasteiger partial charge in [0.2, 0.25) is 10.0 Å². The van der Waals surface area contributed by atoms with Crippen molar-refractivity contribution in [2.45, 2.75) is 5.75 Å². The number of nitrogens with two attached hydrogens (primary N) is 1. The SMILES string of the molecule is NS(=O)(=O)Cc1ccc(-c2cc(N3CCOCC3)nc3c(-c4ccn[nH]4)nccc23)cc1. The predicted octanol–water partition coefficient (Wildman–Crippen LogP) is 2.31. The van der Waals surface area contributed by atoms with Crippen LogP contribution in [0.2, 0.25) is 0 Å². The van der Waals surface area contributed by atoms with Crippen LogP contribution in [0.25, 0.3) is 33.4 Å². The Hall–Kier alpha value is -3.34. The number of aromatic nitrogens is 4. The molecule has 4 aromatic rings. The van der Waals surface area contributed by atoms with Crippen molar-refractivity contribution < 1.29 is 13.2 Å². The highest BCUT2D eigenvalue weighted by molar-refractivity contribution is 7.88. The number of rotatable bonds is 5. The third-order valence-electron chi connectivity index (χ3n) is 5.44. The number of morpholine rings is 1. The molecule has 0 unspecified atom stereocenters. The van der Waals surface area contributed by atoms with Gasteiger partial charge in [-0.25, -0.2) is 18.5 Å². The van der Waals surface area contributed by atoms with Crippen LogP contribution in [-0.4, -0.2) is 54.9 Å². The lowest BCUT2D eigenvalue weighted by atomic mass is 9.99. The van der Waals surface area contributed by atoms with Crippen molar-refractivity contribution in [1.29, 1.82) is 0 Å². The molecule has 3 N–H and O–H groups in total. The quantitative estimate of drug-likeness (QED) is 0.478. The Labute approximate surface area is 185 Å². The van der Waals surface area contributed by atoms with Crippen LogP contribution in [0.1, 0.15) is 5.56 Å². The van der Waals surface area contributed by atoms with Gasteiger partial charge in [-0.05, 0) is 34.9 Å². The topological polar surface area (TPSA) is 127 Å². The van der Waals surface area contributed by atoms with Crippen molar-refractivity contribution in [2.24, 2.45) is 5.14 Å². The lowest BCUT2D eigenvalue weighted by Gasteiger charge is -2.28. The fourth-order valence-corrected chi connectivity index (χ4v) is 4.59. The minimum atomic E-state index is -3.59. The van der Waals surface area contributed by atoms with Crippen molar-refractivity contribution in [3.63, 3.8) is 0 Å². The van der Waals surface area contributed by atoms with Gasteiger partial charge in [0, 0.05) is 30.9 Å². The molecule has 0 aliphatic carbocycles. The average molecular weight is 451 g/mol. The first kappa shape index (κ1) is 20.6. The molecule has 5 rings (SSSR count). The summed E-state index contributed by atoms with van der Waals surface area (Å²) >= 11 is 0. The molecule has 32 heavy (non-hydrogen) atoms. The molecule has 164 valence electrons. The van der Waals surface area contributed by atoms with E-state index in [1.165, 1.54) is 0 Å². The maximum Gasteiger partial charge on any atom is 0.213 e. The van der Waals surface area contributed by atoms with E-state index in [4.69, 9.17) is 14.9 Å². The number of sulfonamides is 1. The van der Waals surface area contributed by atoms with E-state index in [2.05, 4.69) is 26.1 Å². The standard InChI is InChI=1S/C22H22N6O3S/c23-32(29,30)14-15-1-3-16(4-2-15)18-13-20(28-9-11-31-12-10-28)26-21-17(18)5-7-24-22(21)19-6-8-25-27-19/h1-8,13H,9-12,14H2,(H,25,27)(H2,23,29,30). The molecule has 0 radical (unpaired) electrons. The van der Waals surface area contributed by atoms with Crippen LogP contribution in [0.3, 0.4) is 0 Å². The number of primary sulfonamides is 1. The molecule has 0 spiro atoms. The number of hydrogen-bond acceptors (Lipinski definition) is 7. The lowest BCUT2D eigenvalue weighted by Crippen LogP contribution is -2.36. The van der Waals surface area contributed by atoms with Gasteiger partial charge < -0.3 is 9.64 Å². The number of aromatic amines is 1. The Morgan fingerprint density at radius 3 is 2.53 bits per heavy atom. The number of anilines is 1. The second kappa shape index (κ2) is 8.30. The molecule has 0 bridgehead atoms. The van der Waals surface area contributed by atoms with Crippen LogP contribution < -0.4 is 10.0 Å². The van der Waals surface area contributed by atoms with Gasteiger partial charge in [-0.15, -0.1) is 0 Å². The first-order valence-corrected chi connectivity index (χ1v) is 11.9. The molecule has 9 nitrogen and oxygen atoms in total. The number of H-pyrrole nitrogens is 1. The van der Waals surface area contributed by atoms with Crippen LogP contribution in [0.15, 0.2) is 54.9 Å². The van der Waals surface area contributed by atoms with E-state index in [0.717, 1.165) is 52.3 Å². The van der Waals surface area contributed by atoms with E-state index in [0.29, 0.717) is 18.8 Å². The lowest BCUT2D eigenvalue weighted by molar-refractivity contribution is 0.122. The zero-order valence-corrected chi connectivity index (χ0v) is 18.0. The van der Waals surface area contributed by atoms with Crippen LogP contribution in [-0.2, 0) is 20.5 Å². The summed E-state index contributed by atoms with van der Waals surface area (Å²) in [7, 11) is -3.59. The van der Waals surface area contributed by atoms with Crippen LogP contribution in [0, 0.1) is 0 Å². The molecule has 1 aliphatic rings. The number of hydrogen-bond donors (Lipinski definition) is 2. The van der Waals surface area contributed by atoms with E-state index in [1.807, 2.05) is 24.3 Å².